The summed E-state index contributed by atoms with van der Waals surface area (Å²) in [6.07, 6.45) is -0.150. The molecule has 0 heterocycles. The molecule has 3 N–H and O–H groups in total. The normalized spacial score (nSPS) is 12.6. The summed E-state index contributed by atoms with van der Waals surface area (Å²) >= 11 is 0. The van der Waals surface area contributed by atoms with Crippen molar-refractivity contribution in [2.24, 2.45) is 0 Å². The highest BCUT2D eigenvalue weighted by Gasteiger charge is 2.39. The van der Waals surface area contributed by atoms with Crippen LogP contribution in [0.25, 0.3) is 0 Å². The Morgan fingerprint density at radius 2 is 1.07 bits per heavy atom. The van der Waals surface area contributed by atoms with E-state index in [1.165, 1.54) is 6.92 Å². The Kier molecular flexibility index (Phi) is 14.7. The molecule has 0 aromatic rings. The molecule has 0 radical (unpaired) electrons. The monoisotopic (exact) mass is 427 g/mol. The van der Waals surface area contributed by atoms with E-state index in [0.717, 1.165) is 0 Å². The van der Waals surface area contributed by atoms with Crippen LogP contribution in [0.1, 0.15) is 69.2 Å². The highest BCUT2D eigenvalue weighted by Crippen LogP contribution is 2.14. The fraction of sp³-hybridized carbons (Fsp3) is 0.941. The van der Waals surface area contributed by atoms with Gasteiger partial charge in [0.25, 0.3) is 0 Å². The van der Waals surface area contributed by atoms with Crippen LogP contribution in [0.2, 0.25) is 6.04 Å². The molecule has 0 spiro atoms. The Morgan fingerprint density at radius 1 is 0.778 bits per heavy atom. The molecular formula is C17H41NO7Si2. The lowest BCUT2D eigenvalue weighted by Crippen LogP contribution is -2.55. The molecule has 0 aromatic carbocycles. The number of carbonyl (C=O) groups excluding carboxylic acids is 1. The van der Waals surface area contributed by atoms with Crippen LogP contribution in [-0.4, -0.2) is 63.7 Å². The van der Waals surface area contributed by atoms with Crippen LogP contribution < -0.4 is 5.32 Å². The van der Waals surface area contributed by atoms with Gasteiger partial charge in [0, 0.05) is 37.4 Å². The summed E-state index contributed by atoms with van der Waals surface area (Å²) in [5, 5.41) is 2.52. The zero-order valence-electron chi connectivity index (χ0n) is 18.7. The fourth-order valence-electron chi connectivity index (χ4n) is 2.01. The molecule has 8 nitrogen and oxygen atoms in total. The molecule has 0 saturated heterocycles. The fourth-order valence-corrected chi connectivity index (χ4v) is 6.04. The third kappa shape index (κ3) is 17.5. The first-order valence-electron chi connectivity index (χ1n) is 9.55. The average Bonchev–Trinajstić information content (AvgIpc) is 2.42. The zero-order valence-corrected chi connectivity index (χ0v) is 20.7. The van der Waals surface area contributed by atoms with Gasteiger partial charge in [0.1, 0.15) is 0 Å². The maximum absolute atomic E-state index is 10.8. The van der Waals surface area contributed by atoms with Gasteiger partial charge in [-0.05, 0) is 55.4 Å². The maximum atomic E-state index is 10.8. The molecule has 10 heteroatoms. The first-order chi connectivity index (χ1) is 12.1. The summed E-state index contributed by atoms with van der Waals surface area (Å²) in [5.41, 5.74) is 0. The van der Waals surface area contributed by atoms with E-state index in [0.29, 0.717) is 6.04 Å². The van der Waals surface area contributed by atoms with Crippen LogP contribution in [-0.2, 0) is 22.5 Å². The summed E-state index contributed by atoms with van der Waals surface area (Å²) in [6.45, 7) is 18.1. The standard InChI is InChI=1S/C9H21NO4Si.C8H20O3Si/c1-7(2)13-15(12,14-8(3)4)6-10-9(5)11;1-6-12(9,10-7(2)3)11-8(4)5/h7-8,12H,6H2,1-5H3,(H,10,11);7-9H,6H2,1-5H3. The molecule has 0 saturated carbocycles. The summed E-state index contributed by atoms with van der Waals surface area (Å²) in [7, 11) is -6.12. The summed E-state index contributed by atoms with van der Waals surface area (Å²) in [5.74, 6) is -0.208. The second kappa shape index (κ2) is 13.8. The van der Waals surface area contributed by atoms with E-state index in [-0.39, 0.29) is 36.5 Å². The molecular weight excluding hydrogens is 386 g/mol. The molecule has 0 unspecified atom stereocenters. The van der Waals surface area contributed by atoms with Crippen molar-refractivity contribution in [3.8, 4) is 0 Å². The largest absolute Gasteiger partial charge is 0.518 e. The van der Waals surface area contributed by atoms with Crippen molar-refractivity contribution in [3.05, 3.63) is 0 Å². The number of amides is 1. The average molecular weight is 428 g/mol. The maximum Gasteiger partial charge on any atom is 0.518 e. The number of hydrogen-bond acceptors (Lipinski definition) is 7. The first-order valence-corrected chi connectivity index (χ1v) is 13.5. The van der Waals surface area contributed by atoms with E-state index in [1.54, 1.807) is 0 Å². The van der Waals surface area contributed by atoms with Crippen molar-refractivity contribution >= 4 is 23.5 Å². The minimum atomic E-state index is -3.27. The first kappa shape index (κ1) is 28.9. The van der Waals surface area contributed by atoms with E-state index < -0.39 is 17.6 Å². The van der Waals surface area contributed by atoms with Gasteiger partial charge >= 0.3 is 17.6 Å². The molecule has 0 rings (SSSR count). The molecule has 0 aliphatic rings. The van der Waals surface area contributed by atoms with Gasteiger partial charge in [-0.3, -0.25) is 4.79 Å². The number of hydrogen-bond donors (Lipinski definition) is 3. The summed E-state index contributed by atoms with van der Waals surface area (Å²) in [4.78, 5) is 30.7. The van der Waals surface area contributed by atoms with Crippen LogP contribution >= 0.6 is 0 Å². The molecule has 0 bridgehead atoms. The quantitative estimate of drug-likeness (QED) is 0.434. The number of nitrogens with one attached hydrogen (secondary N) is 1. The van der Waals surface area contributed by atoms with Crippen molar-refractivity contribution in [1.82, 2.24) is 5.32 Å². The molecule has 0 atom stereocenters. The number of rotatable bonds is 11. The van der Waals surface area contributed by atoms with Gasteiger partial charge in [-0.25, -0.2) is 0 Å². The van der Waals surface area contributed by atoms with Gasteiger partial charge in [0.15, 0.2) is 0 Å². The highest BCUT2D eigenvalue weighted by atomic mass is 28.4. The van der Waals surface area contributed by atoms with Gasteiger partial charge in [0.05, 0.1) is 6.17 Å². The molecule has 0 aliphatic heterocycles. The van der Waals surface area contributed by atoms with Crippen molar-refractivity contribution in [3.63, 3.8) is 0 Å². The zero-order chi connectivity index (χ0) is 21.8. The Bertz CT molecular complexity index is 387. The Balaban J connectivity index is 0. The van der Waals surface area contributed by atoms with Gasteiger partial charge in [-0.15, -0.1) is 0 Å². The van der Waals surface area contributed by atoms with Crippen LogP contribution in [0.5, 0.6) is 0 Å². The molecule has 27 heavy (non-hydrogen) atoms. The minimum absolute atomic E-state index is 0.0281. The highest BCUT2D eigenvalue weighted by molar-refractivity contribution is 6.60. The van der Waals surface area contributed by atoms with Crippen LogP contribution in [0.3, 0.4) is 0 Å². The Hall–Kier alpha value is -0.336. The molecule has 0 fully saturated rings. The summed E-state index contributed by atoms with van der Waals surface area (Å²) in [6, 6.07) is 0.573. The molecule has 164 valence electrons. The minimum Gasteiger partial charge on any atom is -0.390 e. The van der Waals surface area contributed by atoms with Crippen LogP contribution in [0.15, 0.2) is 0 Å². The van der Waals surface area contributed by atoms with Crippen LogP contribution in [0, 0.1) is 0 Å². The van der Waals surface area contributed by atoms with E-state index in [4.69, 9.17) is 17.7 Å². The van der Waals surface area contributed by atoms with Crippen molar-refractivity contribution in [2.75, 3.05) is 6.17 Å². The molecule has 1 amide bonds. The third-order valence-corrected chi connectivity index (χ3v) is 7.56. The Labute approximate surface area is 167 Å². The van der Waals surface area contributed by atoms with E-state index >= 15 is 0 Å². The lowest BCUT2D eigenvalue weighted by molar-refractivity contribution is -0.119. The lowest BCUT2D eigenvalue weighted by Gasteiger charge is -2.28. The van der Waals surface area contributed by atoms with Gasteiger partial charge in [-0.2, -0.15) is 0 Å². The molecule has 0 aromatic heterocycles. The van der Waals surface area contributed by atoms with Gasteiger partial charge in [-0.1, -0.05) is 6.92 Å². The van der Waals surface area contributed by atoms with Crippen molar-refractivity contribution in [1.29, 1.82) is 0 Å². The van der Waals surface area contributed by atoms with E-state index in [9.17, 15) is 14.4 Å². The summed E-state index contributed by atoms with van der Waals surface area (Å²) < 4.78 is 21.5. The SMILES string of the molecule is CC(=O)NC[Si](O)(OC(C)C)OC(C)C.CC[Si](O)(OC(C)C)OC(C)C. The van der Waals surface area contributed by atoms with Crippen molar-refractivity contribution < 1.29 is 32.1 Å². The lowest BCUT2D eigenvalue weighted by atomic mass is 10.5. The predicted octanol–water partition coefficient (Wildman–Crippen LogP) is 2.23. The van der Waals surface area contributed by atoms with E-state index in [1.807, 2.05) is 62.3 Å². The second-order valence-corrected chi connectivity index (χ2v) is 12.2. The smallest absolute Gasteiger partial charge is 0.390 e. The topological polar surface area (TPSA) is 106 Å². The van der Waals surface area contributed by atoms with Gasteiger partial charge < -0.3 is 32.6 Å². The molecule has 0 aliphatic carbocycles. The predicted molar refractivity (Wildman–Crippen MR) is 110 cm³/mol. The van der Waals surface area contributed by atoms with Crippen molar-refractivity contribution in [2.45, 2.75) is 99.7 Å². The van der Waals surface area contributed by atoms with Gasteiger partial charge in [0.2, 0.25) is 5.91 Å². The van der Waals surface area contributed by atoms with E-state index in [2.05, 4.69) is 5.32 Å². The second-order valence-electron chi connectivity index (χ2n) is 7.36. The third-order valence-electron chi connectivity index (χ3n) is 2.69. The van der Waals surface area contributed by atoms with Crippen LogP contribution in [0.4, 0.5) is 0 Å². The Morgan fingerprint density at radius 3 is 1.30 bits per heavy atom. The number of carbonyl (C=O) groups is 1.